The Morgan fingerprint density at radius 1 is 1.12 bits per heavy atom. The predicted octanol–water partition coefficient (Wildman–Crippen LogP) is 0.771. The highest BCUT2D eigenvalue weighted by Gasteiger charge is 2.30. The first-order valence-corrected chi connectivity index (χ1v) is 8.62. The molecule has 1 aliphatic carbocycles. The fraction of sp³-hybridized carbons (Fsp3) is 0.588. The summed E-state index contributed by atoms with van der Waals surface area (Å²) in [6.45, 7) is 4.84. The average Bonchev–Trinajstić information content (AvgIpc) is 2.98. The maximum Gasteiger partial charge on any atom is 0.132 e. The van der Waals surface area contributed by atoms with Crippen LogP contribution in [0.5, 0.6) is 0 Å². The Labute approximate surface area is 142 Å². The number of hydrogen-bond donors (Lipinski definition) is 1. The van der Waals surface area contributed by atoms with E-state index < -0.39 is 0 Å². The van der Waals surface area contributed by atoms with Gasteiger partial charge in [-0.2, -0.15) is 0 Å². The highest BCUT2D eigenvalue weighted by Crippen LogP contribution is 2.36. The molecule has 0 unspecified atom stereocenters. The predicted molar refractivity (Wildman–Crippen MR) is 90.7 cm³/mol. The summed E-state index contributed by atoms with van der Waals surface area (Å²) >= 11 is 0. The third kappa shape index (κ3) is 3.14. The molecule has 1 saturated heterocycles. The molecule has 0 amide bonds. The third-order valence-electron chi connectivity index (χ3n) is 5.19. The van der Waals surface area contributed by atoms with E-state index in [4.69, 9.17) is 0 Å². The number of piperazine rings is 1. The molecule has 2 aromatic heterocycles. The van der Waals surface area contributed by atoms with Crippen LogP contribution >= 0.6 is 0 Å². The molecule has 4 rings (SSSR count). The molecule has 2 aromatic rings. The van der Waals surface area contributed by atoms with Gasteiger partial charge in [0, 0.05) is 63.3 Å². The normalized spacial score (nSPS) is 24.8. The van der Waals surface area contributed by atoms with Gasteiger partial charge in [-0.25, -0.2) is 15.0 Å². The van der Waals surface area contributed by atoms with Gasteiger partial charge in [0.15, 0.2) is 0 Å². The second-order valence-electron chi connectivity index (χ2n) is 6.84. The van der Waals surface area contributed by atoms with Crippen LogP contribution < -0.4 is 4.90 Å². The van der Waals surface area contributed by atoms with Crippen molar-refractivity contribution in [3.8, 4) is 0 Å². The SMILES string of the molecule is Cn1ccnc1CN1CCN(c2cc(C3CC(O)C3)ncn2)CC1. The zero-order valence-corrected chi connectivity index (χ0v) is 14.0. The Bertz CT molecular complexity index is 688. The first kappa shape index (κ1) is 15.5. The summed E-state index contributed by atoms with van der Waals surface area (Å²) in [6.07, 6.45) is 7.01. The molecule has 0 bridgehead atoms. The molecule has 0 atom stereocenters. The largest absolute Gasteiger partial charge is 0.393 e. The van der Waals surface area contributed by atoms with E-state index in [0.29, 0.717) is 5.92 Å². The van der Waals surface area contributed by atoms with Crippen LogP contribution in [0.2, 0.25) is 0 Å². The zero-order chi connectivity index (χ0) is 16.5. The van der Waals surface area contributed by atoms with Gasteiger partial charge in [0.25, 0.3) is 0 Å². The molecular weight excluding hydrogens is 304 g/mol. The van der Waals surface area contributed by atoms with Crippen LogP contribution in [0.4, 0.5) is 5.82 Å². The fourth-order valence-corrected chi connectivity index (χ4v) is 3.47. The number of aromatic nitrogens is 4. The number of rotatable bonds is 4. The van der Waals surface area contributed by atoms with Gasteiger partial charge in [-0.3, -0.25) is 4.90 Å². The highest BCUT2D eigenvalue weighted by atomic mass is 16.3. The lowest BCUT2D eigenvalue weighted by atomic mass is 9.80. The standard InChI is InChI=1S/C17H24N6O/c1-21-3-2-18-17(21)11-22-4-6-23(7-5-22)16-10-15(19-12-20-16)13-8-14(24)9-13/h2-3,10,12-14,24H,4-9,11H2,1H3. The summed E-state index contributed by atoms with van der Waals surface area (Å²) in [4.78, 5) is 18.0. The van der Waals surface area contributed by atoms with E-state index in [-0.39, 0.29) is 6.10 Å². The second kappa shape index (κ2) is 6.49. The Morgan fingerprint density at radius 2 is 1.92 bits per heavy atom. The van der Waals surface area contributed by atoms with E-state index in [0.717, 1.165) is 62.9 Å². The van der Waals surface area contributed by atoms with Crippen molar-refractivity contribution < 1.29 is 5.11 Å². The molecule has 2 fully saturated rings. The number of imidazole rings is 1. The average molecular weight is 328 g/mol. The molecule has 2 aliphatic rings. The van der Waals surface area contributed by atoms with E-state index in [2.05, 4.69) is 35.4 Å². The van der Waals surface area contributed by atoms with Crippen LogP contribution in [0.3, 0.4) is 0 Å². The van der Waals surface area contributed by atoms with Crippen LogP contribution in [-0.4, -0.2) is 61.8 Å². The van der Waals surface area contributed by atoms with Crippen LogP contribution in [0, 0.1) is 0 Å². The van der Waals surface area contributed by atoms with Gasteiger partial charge < -0.3 is 14.6 Å². The molecule has 0 aromatic carbocycles. The van der Waals surface area contributed by atoms with E-state index in [1.54, 1.807) is 6.33 Å². The van der Waals surface area contributed by atoms with Gasteiger partial charge in [-0.1, -0.05) is 0 Å². The summed E-state index contributed by atoms with van der Waals surface area (Å²) in [5.41, 5.74) is 1.07. The summed E-state index contributed by atoms with van der Waals surface area (Å²) in [5, 5.41) is 9.49. The molecule has 0 spiro atoms. The molecule has 7 heteroatoms. The van der Waals surface area contributed by atoms with Crippen LogP contribution in [0.15, 0.2) is 24.8 Å². The summed E-state index contributed by atoms with van der Waals surface area (Å²) in [6, 6.07) is 2.10. The lowest BCUT2D eigenvalue weighted by Crippen LogP contribution is -2.46. The Hall–Kier alpha value is -1.99. The summed E-state index contributed by atoms with van der Waals surface area (Å²) in [7, 11) is 2.04. The van der Waals surface area contributed by atoms with Crippen molar-refractivity contribution in [2.45, 2.75) is 31.4 Å². The van der Waals surface area contributed by atoms with Gasteiger partial charge in [0.2, 0.25) is 0 Å². The smallest absolute Gasteiger partial charge is 0.132 e. The van der Waals surface area contributed by atoms with Gasteiger partial charge in [-0.05, 0) is 12.8 Å². The van der Waals surface area contributed by atoms with Crippen molar-refractivity contribution in [2.75, 3.05) is 31.1 Å². The quantitative estimate of drug-likeness (QED) is 0.894. The maximum absolute atomic E-state index is 9.49. The van der Waals surface area contributed by atoms with Crippen molar-refractivity contribution in [3.05, 3.63) is 36.3 Å². The number of aliphatic hydroxyl groups excluding tert-OH is 1. The molecule has 1 aliphatic heterocycles. The molecule has 3 heterocycles. The molecule has 24 heavy (non-hydrogen) atoms. The second-order valence-corrected chi connectivity index (χ2v) is 6.84. The highest BCUT2D eigenvalue weighted by molar-refractivity contribution is 5.40. The third-order valence-corrected chi connectivity index (χ3v) is 5.19. The number of nitrogens with zero attached hydrogens (tertiary/aromatic N) is 6. The Balaban J connectivity index is 1.35. The van der Waals surface area contributed by atoms with Crippen molar-refractivity contribution in [3.63, 3.8) is 0 Å². The van der Waals surface area contributed by atoms with Gasteiger partial charge in [0.1, 0.15) is 18.0 Å². The van der Waals surface area contributed by atoms with E-state index in [1.807, 2.05) is 19.4 Å². The minimum Gasteiger partial charge on any atom is -0.393 e. The van der Waals surface area contributed by atoms with Gasteiger partial charge in [0.05, 0.1) is 12.6 Å². The Morgan fingerprint density at radius 3 is 2.58 bits per heavy atom. The van der Waals surface area contributed by atoms with Crippen LogP contribution in [0.1, 0.15) is 30.3 Å². The Kier molecular flexibility index (Phi) is 4.20. The number of anilines is 1. The molecule has 128 valence electrons. The van der Waals surface area contributed by atoms with Crippen molar-refractivity contribution in [2.24, 2.45) is 7.05 Å². The minimum atomic E-state index is -0.150. The molecular formula is C17H24N6O. The first-order chi connectivity index (χ1) is 11.7. The van der Waals surface area contributed by atoms with Gasteiger partial charge in [-0.15, -0.1) is 0 Å². The van der Waals surface area contributed by atoms with E-state index >= 15 is 0 Å². The summed E-state index contributed by atoms with van der Waals surface area (Å²) in [5.74, 6) is 2.51. The zero-order valence-electron chi connectivity index (χ0n) is 14.0. The lowest BCUT2D eigenvalue weighted by molar-refractivity contribution is 0.0732. The van der Waals surface area contributed by atoms with Crippen LogP contribution in [-0.2, 0) is 13.6 Å². The maximum atomic E-state index is 9.49. The molecule has 0 radical (unpaired) electrons. The lowest BCUT2D eigenvalue weighted by Gasteiger charge is -2.36. The van der Waals surface area contributed by atoms with Gasteiger partial charge >= 0.3 is 0 Å². The fourth-order valence-electron chi connectivity index (χ4n) is 3.47. The summed E-state index contributed by atoms with van der Waals surface area (Å²) < 4.78 is 2.08. The van der Waals surface area contributed by atoms with E-state index in [9.17, 15) is 5.11 Å². The number of hydrogen-bond acceptors (Lipinski definition) is 6. The number of aryl methyl sites for hydroxylation is 1. The van der Waals surface area contributed by atoms with Crippen LogP contribution in [0.25, 0.3) is 0 Å². The molecule has 1 saturated carbocycles. The first-order valence-electron chi connectivity index (χ1n) is 8.62. The molecule has 7 nitrogen and oxygen atoms in total. The monoisotopic (exact) mass is 328 g/mol. The van der Waals surface area contributed by atoms with E-state index in [1.165, 1.54) is 0 Å². The van der Waals surface area contributed by atoms with Crippen molar-refractivity contribution >= 4 is 5.82 Å². The molecule has 1 N–H and O–H groups in total. The number of aliphatic hydroxyl groups is 1. The topological polar surface area (TPSA) is 70.3 Å². The van der Waals surface area contributed by atoms with Crippen molar-refractivity contribution in [1.29, 1.82) is 0 Å². The minimum absolute atomic E-state index is 0.150. The van der Waals surface area contributed by atoms with Crippen molar-refractivity contribution in [1.82, 2.24) is 24.4 Å².